The molecule has 0 aliphatic carbocycles. The number of carbonyl (C=O) groups is 1. The number of halogens is 3. The lowest BCUT2D eigenvalue weighted by Gasteiger charge is -2.08. The van der Waals surface area contributed by atoms with Gasteiger partial charge in [-0.25, -0.2) is 9.78 Å². The van der Waals surface area contributed by atoms with E-state index in [1.807, 2.05) is 0 Å². The van der Waals surface area contributed by atoms with Gasteiger partial charge < -0.3 is 4.74 Å². The predicted molar refractivity (Wildman–Crippen MR) is 49.9 cm³/mol. The molecule has 1 aromatic heterocycles. The average molecular weight is 244 g/mol. The van der Waals surface area contributed by atoms with Crippen molar-refractivity contribution in [2.75, 3.05) is 6.61 Å². The minimum atomic E-state index is -4.71. The molecule has 0 amide bonds. The molecule has 17 heavy (non-hydrogen) atoms. The Labute approximate surface area is 94.6 Å². The number of pyridine rings is 1. The number of alkyl halides is 3. The first-order chi connectivity index (χ1) is 7.88. The maximum atomic E-state index is 12.4. The first-order valence-electron chi connectivity index (χ1n) is 4.55. The monoisotopic (exact) mass is 244 g/mol. The van der Waals surface area contributed by atoms with Gasteiger partial charge in [-0.05, 0) is 19.1 Å². The molecule has 0 unspecified atom stereocenters. The third-order valence-corrected chi connectivity index (χ3v) is 1.73. The lowest BCUT2D eigenvalue weighted by molar-refractivity contribution is -0.141. The van der Waals surface area contributed by atoms with Crippen molar-refractivity contribution in [1.82, 2.24) is 4.98 Å². The first-order valence-corrected chi connectivity index (χ1v) is 4.55. The summed E-state index contributed by atoms with van der Waals surface area (Å²) in [4.78, 5) is 14.4. The molecule has 90 valence electrons. The molecule has 0 atom stereocenters. The first kappa shape index (κ1) is 13.0. The SMILES string of the molecule is CCOC(=O)c1cc(C#N)cc(C(F)(F)F)n1. The van der Waals surface area contributed by atoms with E-state index in [4.69, 9.17) is 5.26 Å². The Kier molecular flexibility index (Phi) is 3.68. The van der Waals surface area contributed by atoms with Crippen molar-refractivity contribution in [2.24, 2.45) is 0 Å². The van der Waals surface area contributed by atoms with Gasteiger partial charge in [0.15, 0.2) is 0 Å². The molecule has 4 nitrogen and oxygen atoms in total. The van der Waals surface area contributed by atoms with Crippen LogP contribution in [-0.2, 0) is 10.9 Å². The quantitative estimate of drug-likeness (QED) is 0.748. The van der Waals surface area contributed by atoms with Gasteiger partial charge >= 0.3 is 12.1 Å². The predicted octanol–water partition coefficient (Wildman–Crippen LogP) is 2.15. The molecule has 1 aromatic rings. The molecular weight excluding hydrogens is 237 g/mol. The number of nitriles is 1. The summed E-state index contributed by atoms with van der Waals surface area (Å²) in [5.41, 5.74) is -2.12. The maximum absolute atomic E-state index is 12.4. The third kappa shape index (κ3) is 3.17. The molecule has 0 saturated heterocycles. The molecular formula is C10H7F3N2O2. The fraction of sp³-hybridized carbons (Fsp3) is 0.300. The highest BCUT2D eigenvalue weighted by molar-refractivity contribution is 5.87. The molecule has 7 heteroatoms. The number of aromatic nitrogens is 1. The van der Waals surface area contributed by atoms with Crippen molar-refractivity contribution in [2.45, 2.75) is 13.1 Å². The molecule has 1 heterocycles. The maximum Gasteiger partial charge on any atom is 0.433 e. The fourth-order valence-corrected chi connectivity index (χ4v) is 1.05. The molecule has 1 rings (SSSR count). The van der Waals surface area contributed by atoms with Crippen LogP contribution >= 0.6 is 0 Å². The number of hydrogen-bond donors (Lipinski definition) is 0. The van der Waals surface area contributed by atoms with Gasteiger partial charge in [0.1, 0.15) is 11.4 Å². The summed E-state index contributed by atoms with van der Waals surface area (Å²) in [6.07, 6.45) is -4.71. The Morgan fingerprint density at radius 1 is 1.53 bits per heavy atom. The lowest BCUT2D eigenvalue weighted by atomic mass is 10.2. The number of rotatable bonds is 2. The van der Waals surface area contributed by atoms with Gasteiger partial charge in [-0.2, -0.15) is 18.4 Å². The molecule has 0 aliphatic heterocycles. The van der Waals surface area contributed by atoms with E-state index in [2.05, 4.69) is 9.72 Å². The van der Waals surface area contributed by atoms with Crippen molar-refractivity contribution in [1.29, 1.82) is 5.26 Å². The van der Waals surface area contributed by atoms with E-state index in [1.165, 1.54) is 13.0 Å². The zero-order valence-corrected chi connectivity index (χ0v) is 8.71. The van der Waals surface area contributed by atoms with Gasteiger partial charge in [0, 0.05) is 0 Å². The van der Waals surface area contributed by atoms with Crippen molar-refractivity contribution >= 4 is 5.97 Å². The normalized spacial score (nSPS) is 10.8. The number of nitrogens with zero attached hydrogens (tertiary/aromatic N) is 2. The average Bonchev–Trinajstić information content (AvgIpc) is 2.27. The van der Waals surface area contributed by atoms with E-state index < -0.39 is 23.5 Å². The van der Waals surface area contributed by atoms with Gasteiger partial charge in [-0.1, -0.05) is 0 Å². The molecule has 0 N–H and O–H groups in total. The Balaban J connectivity index is 3.25. The standard InChI is InChI=1S/C10H7F3N2O2/c1-2-17-9(16)7-3-6(5-14)4-8(15-7)10(11,12)13/h3-4H,2H2,1H3. The summed E-state index contributed by atoms with van der Waals surface area (Å²) in [5.74, 6) is -0.991. The molecule has 0 aromatic carbocycles. The van der Waals surface area contributed by atoms with E-state index in [0.29, 0.717) is 6.07 Å². The number of esters is 1. The molecule has 0 fully saturated rings. The second kappa shape index (κ2) is 4.82. The Bertz CT molecular complexity index is 477. The second-order valence-electron chi connectivity index (χ2n) is 2.96. The van der Waals surface area contributed by atoms with Crippen LogP contribution < -0.4 is 0 Å². The summed E-state index contributed by atoms with van der Waals surface area (Å²) in [6, 6.07) is 3.05. The highest BCUT2D eigenvalue weighted by Crippen LogP contribution is 2.28. The third-order valence-electron chi connectivity index (χ3n) is 1.73. The summed E-state index contributed by atoms with van der Waals surface area (Å²) < 4.78 is 41.7. The zero-order chi connectivity index (χ0) is 13.1. The topological polar surface area (TPSA) is 63.0 Å². The van der Waals surface area contributed by atoms with Crippen LogP contribution in [0.4, 0.5) is 13.2 Å². The van der Waals surface area contributed by atoms with Gasteiger partial charge in [0.05, 0.1) is 18.2 Å². The Hall–Kier alpha value is -2.10. The van der Waals surface area contributed by atoms with Crippen LogP contribution in [0.25, 0.3) is 0 Å². The summed E-state index contributed by atoms with van der Waals surface area (Å²) in [7, 11) is 0. The molecule has 0 radical (unpaired) electrons. The molecule has 0 bridgehead atoms. The van der Waals surface area contributed by atoms with Crippen LogP contribution in [0.1, 0.15) is 28.7 Å². The second-order valence-corrected chi connectivity index (χ2v) is 2.96. The van der Waals surface area contributed by atoms with Crippen LogP contribution in [0.5, 0.6) is 0 Å². The number of ether oxygens (including phenoxy) is 1. The van der Waals surface area contributed by atoms with Crippen LogP contribution in [0.3, 0.4) is 0 Å². The van der Waals surface area contributed by atoms with E-state index in [0.717, 1.165) is 6.07 Å². The zero-order valence-electron chi connectivity index (χ0n) is 8.71. The minimum Gasteiger partial charge on any atom is -0.461 e. The van der Waals surface area contributed by atoms with E-state index in [9.17, 15) is 18.0 Å². The van der Waals surface area contributed by atoms with Crippen LogP contribution in [0.2, 0.25) is 0 Å². The van der Waals surface area contributed by atoms with Gasteiger partial charge in [0.2, 0.25) is 0 Å². The van der Waals surface area contributed by atoms with Gasteiger partial charge in [-0.3, -0.25) is 0 Å². The Morgan fingerprint density at radius 3 is 2.65 bits per heavy atom. The number of hydrogen-bond acceptors (Lipinski definition) is 4. The smallest absolute Gasteiger partial charge is 0.433 e. The van der Waals surface area contributed by atoms with Crippen molar-refractivity contribution in [3.63, 3.8) is 0 Å². The number of carbonyl (C=O) groups excluding carboxylic acids is 1. The largest absolute Gasteiger partial charge is 0.461 e. The van der Waals surface area contributed by atoms with Crippen LogP contribution in [0, 0.1) is 11.3 Å². The molecule has 0 spiro atoms. The van der Waals surface area contributed by atoms with Crippen molar-refractivity contribution in [3.8, 4) is 6.07 Å². The van der Waals surface area contributed by atoms with E-state index in [-0.39, 0.29) is 12.2 Å². The fourth-order valence-electron chi connectivity index (χ4n) is 1.05. The van der Waals surface area contributed by atoms with Crippen LogP contribution in [0.15, 0.2) is 12.1 Å². The van der Waals surface area contributed by atoms with Crippen molar-refractivity contribution in [3.05, 3.63) is 29.1 Å². The Morgan fingerprint density at radius 2 is 2.18 bits per heavy atom. The van der Waals surface area contributed by atoms with Gasteiger partial charge in [0.25, 0.3) is 0 Å². The summed E-state index contributed by atoms with van der Waals surface area (Å²) in [6.45, 7) is 1.52. The van der Waals surface area contributed by atoms with E-state index in [1.54, 1.807) is 0 Å². The summed E-state index contributed by atoms with van der Waals surface area (Å²) in [5, 5.41) is 8.57. The minimum absolute atomic E-state index is 0.0125. The highest BCUT2D eigenvalue weighted by Gasteiger charge is 2.34. The molecule has 0 saturated carbocycles. The van der Waals surface area contributed by atoms with Gasteiger partial charge in [-0.15, -0.1) is 0 Å². The highest BCUT2D eigenvalue weighted by atomic mass is 19.4. The van der Waals surface area contributed by atoms with Crippen molar-refractivity contribution < 1.29 is 22.7 Å². The van der Waals surface area contributed by atoms with Crippen LogP contribution in [-0.4, -0.2) is 17.6 Å². The van der Waals surface area contributed by atoms with E-state index >= 15 is 0 Å². The summed E-state index contributed by atoms with van der Waals surface area (Å²) >= 11 is 0. The lowest BCUT2D eigenvalue weighted by Crippen LogP contribution is -2.14. The molecule has 0 aliphatic rings.